The van der Waals surface area contributed by atoms with E-state index in [0.717, 1.165) is 17.4 Å². The van der Waals surface area contributed by atoms with E-state index >= 15 is 0 Å². The molecule has 22 heavy (non-hydrogen) atoms. The van der Waals surface area contributed by atoms with Gasteiger partial charge >= 0.3 is 0 Å². The van der Waals surface area contributed by atoms with Crippen LogP contribution < -0.4 is 9.62 Å². The first-order chi connectivity index (χ1) is 10.0. The molecule has 1 amide bonds. The third kappa shape index (κ3) is 4.73. The highest BCUT2D eigenvalue weighted by molar-refractivity contribution is 7.92. The molecule has 0 fully saturated rings. The van der Waals surface area contributed by atoms with Crippen LogP contribution >= 0.6 is 0 Å². The van der Waals surface area contributed by atoms with Crippen molar-refractivity contribution in [3.05, 3.63) is 29.3 Å². The largest absolute Gasteiger partial charge is 0.352 e. The normalized spacial score (nSPS) is 11.8. The average molecular weight is 326 g/mol. The van der Waals surface area contributed by atoms with Crippen LogP contribution in [-0.2, 0) is 14.8 Å². The molecule has 0 atom stereocenters. The van der Waals surface area contributed by atoms with Gasteiger partial charge in [-0.15, -0.1) is 0 Å². The number of para-hydroxylation sites is 1. The highest BCUT2D eigenvalue weighted by Crippen LogP contribution is 2.32. The molecule has 124 valence electrons. The lowest BCUT2D eigenvalue weighted by Gasteiger charge is -2.27. The van der Waals surface area contributed by atoms with Gasteiger partial charge in [0, 0.05) is 6.04 Å². The number of amides is 1. The van der Waals surface area contributed by atoms with Crippen molar-refractivity contribution in [1.29, 1.82) is 0 Å². The van der Waals surface area contributed by atoms with E-state index in [2.05, 4.69) is 5.32 Å². The molecule has 1 aromatic rings. The minimum atomic E-state index is -3.55. The fraction of sp³-hybridized carbons (Fsp3) is 0.562. The number of hydrogen-bond acceptors (Lipinski definition) is 3. The van der Waals surface area contributed by atoms with Crippen molar-refractivity contribution < 1.29 is 13.2 Å². The fourth-order valence-electron chi connectivity index (χ4n) is 2.35. The maximum atomic E-state index is 12.2. The summed E-state index contributed by atoms with van der Waals surface area (Å²) in [6, 6.07) is 5.64. The molecule has 0 radical (unpaired) electrons. The van der Waals surface area contributed by atoms with Crippen molar-refractivity contribution in [3.8, 4) is 0 Å². The van der Waals surface area contributed by atoms with Crippen LogP contribution in [-0.4, -0.2) is 33.2 Å². The maximum Gasteiger partial charge on any atom is 0.240 e. The summed E-state index contributed by atoms with van der Waals surface area (Å²) in [5.41, 5.74) is 2.37. The Morgan fingerprint density at radius 2 is 1.82 bits per heavy atom. The Morgan fingerprint density at radius 1 is 1.23 bits per heavy atom. The summed E-state index contributed by atoms with van der Waals surface area (Å²) < 4.78 is 25.7. The highest BCUT2D eigenvalue weighted by Gasteiger charge is 2.25. The van der Waals surface area contributed by atoms with Crippen LogP contribution in [0.4, 0.5) is 5.69 Å². The van der Waals surface area contributed by atoms with Crippen molar-refractivity contribution in [3.63, 3.8) is 0 Å². The molecular weight excluding hydrogens is 300 g/mol. The first-order valence-electron chi connectivity index (χ1n) is 7.40. The summed E-state index contributed by atoms with van der Waals surface area (Å²) in [6.45, 7) is 9.35. The molecule has 0 aromatic heterocycles. The van der Waals surface area contributed by atoms with Crippen LogP contribution in [0.15, 0.2) is 18.2 Å². The molecule has 1 rings (SSSR count). The predicted octanol–water partition coefficient (Wildman–Crippen LogP) is 2.41. The second-order valence-corrected chi connectivity index (χ2v) is 8.07. The number of nitrogens with zero attached hydrogens (tertiary/aromatic N) is 1. The van der Waals surface area contributed by atoms with Crippen LogP contribution in [0, 0.1) is 6.92 Å². The zero-order valence-corrected chi connectivity index (χ0v) is 15.0. The Labute approximate surface area is 133 Å². The molecule has 0 saturated carbocycles. The predicted molar refractivity (Wildman–Crippen MR) is 90.7 cm³/mol. The van der Waals surface area contributed by atoms with Gasteiger partial charge in [0.25, 0.3) is 0 Å². The van der Waals surface area contributed by atoms with Gasteiger partial charge in [-0.05, 0) is 37.8 Å². The minimum Gasteiger partial charge on any atom is -0.352 e. The van der Waals surface area contributed by atoms with E-state index in [1.165, 1.54) is 4.31 Å². The summed E-state index contributed by atoms with van der Waals surface area (Å²) in [6.07, 6.45) is 1.13. The monoisotopic (exact) mass is 326 g/mol. The minimum absolute atomic E-state index is 0.0321. The SMILES string of the molecule is Cc1cccc(C(C)C)c1N(CC(=O)NC(C)C)S(C)(=O)=O. The molecular formula is C16H26N2O3S. The van der Waals surface area contributed by atoms with Gasteiger partial charge in [0.15, 0.2) is 0 Å². The Bertz CT molecular complexity index is 637. The van der Waals surface area contributed by atoms with Gasteiger partial charge in [0.05, 0.1) is 11.9 Å². The van der Waals surface area contributed by atoms with Crippen molar-refractivity contribution in [2.45, 2.75) is 46.6 Å². The molecule has 0 aliphatic carbocycles. The van der Waals surface area contributed by atoms with Gasteiger partial charge in [-0.2, -0.15) is 0 Å². The van der Waals surface area contributed by atoms with Gasteiger partial charge in [-0.3, -0.25) is 9.10 Å². The smallest absolute Gasteiger partial charge is 0.240 e. The quantitative estimate of drug-likeness (QED) is 0.873. The molecule has 1 N–H and O–H groups in total. The molecule has 0 spiro atoms. The topological polar surface area (TPSA) is 66.5 Å². The van der Waals surface area contributed by atoms with E-state index in [9.17, 15) is 13.2 Å². The van der Waals surface area contributed by atoms with Crippen LogP contribution in [0.25, 0.3) is 0 Å². The van der Waals surface area contributed by atoms with Crippen molar-refractivity contribution in [1.82, 2.24) is 5.32 Å². The number of carbonyl (C=O) groups excluding carboxylic acids is 1. The average Bonchev–Trinajstić information content (AvgIpc) is 2.33. The van der Waals surface area contributed by atoms with Crippen molar-refractivity contribution >= 4 is 21.6 Å². The van der Waals surface area contributed by atoms with Crippen LogP contribution in [0.2, 0.25) is 0 Å². The molecule has 0 heterocycles. The number of sulfonamides is 1. The van der Waals surface area contributed by atoms with Gasteiger partial charge < -0.3 is 5.32 Å². The molecule has 1 aromatic carbocycles. The highest BCUT2D eigenvalue weighted by atomic mass is 32.2. The lowest BCUT2D eigenvalue weighted by atomic mass is 9.98. The van der Waals surface area contributed by atoms with Gasteiger partial charge in [0.1, 0.15) is 6.54 Å². The third-order valence-electron chi connectivity index (χ3n) is 3.28. The number of hydrogen-bond donors (Lipinski definition) is 1. The van der Waals surface area contributed by atoms with Crippen molar-refractivity contribution in [2.75, 3.05) is 17.1 Å². The van der Waals surface area contributed by atoms with Crippen LogP contribution in [0.5, 0.6) is 0 Å². The molecule has 5 nitrogen and oxygen atoms in total. The summed E-state index contributed by atoms with van der Waals surface area (Å²) in [5.74, 6) is -0.148. The summed E-state index contributed by atoms with van der Waals surface area (Å²) in [4.78, 5) is 12.1. The zero-order valence-electron chi connectivity index (χ0n) is 14.2. The summed E-state index contributed by atoms with van der Waals surface area (Å²) in [5, 5.41) is 2.74. The van der Waals surface area contributed by atoms with Gasteiger partial charge in [-0.1, -0.05) is 32.0 Å². The first kappa shape index (κ1) is 18.5. The molecule has 0 aliphatic rings. The van der Waals surface area contributed by atoms with Crippen LogP contribution in [0.1, 0.15) is 44.7 Å². The first-order valence-corrected chi connectivity index (χ1v) is 9.25. The molecule has 6 heteroatoms. The summed E-state index contributed by atoms with van der Waals surface area (Å²) in [7, 11) is -3.55. The maximum absolute atomic E-state index is 12.2. The second-order valence-electron chi connectivity index (χ2n) is 6.16. The van der Waals surface area contributed by atoms with Crippen molar-refractivity contribution in [2.24, 2.45) is 0 Å². The molecule has 0 saturated heterocycles. The van der Waals surface area contributed by atoms with E-state index in [1.54, 1.807) is 0 Å². The number of rotatable bonds is 6. The van der Waals surface area contributed by atoms with E-state index in [0.29, 0.717) is 5.69 Å². The lowest BCUT2D eigenvalue weighted by molar-refractivity contribution is -0.120. The molecule has 0 unspecified atom stereocenters. The lowest BCUT2D eigenvalue weighted by Crippen LogP contribution is -2.43. The number of anilines is 1. The number of aryl methyl sites for hydroxylation is 1. The van der Waals surface area contributed by atoms with E-state index < -0.39 is 10.0 Å². The number of nitrogens with one attached hydrogen (secondary N) is 1. The number of benzene rings is 1. The molecule has 0 bridgehead atoms. The van der Waals surface area contributed by atoms with Gasteiger partial charge in [-0.25, -0.2) is 8.42 Å². The second kappa shape index (κ2) is 7.13. The van der Waals surface area contributed by atoms with E-state index in [1.807, 2.05) is 52.8 Å². The van der Waals surface area contributed by atoms with Crippen LogP contribution in [0.3, 0.4) is 0 Å². The van der Waals surface area contributed by atoms with Gasteiger partial charge in [0.2, 0.25) is 15.9 Å². The van der Waals surface area contributed by atoms with E-state index in [4.69, 9.17) is 0 Å². The standard InChI is InChI=1S/C16H26N2O3S/c1-11(2)14-9-7-8-13(5)16(14)18(22(6,20)21)10-15(19)17-12(3)4/h7-9,11-12H,10H2,1-6H3,(H,17,19). The third-order valence-corrected chi connectivity index (χ3v) is 4.39. The molecule has 0 aliphatic heterocycles. The fourth-order valence-corrected chi connectivity index (χ4v) is 3.28. The Morgan fingerprint density at radius 3 is 2.27 bits per heavy atom. The number of carbonyl (C=O) groups is 1. The zero-order chi connectivity index (χ0) is 17.1. The van der Waals surface area contributed by atoms with E-state index in [-0.39, 0.29) is 24.4 Å². The Kier molecular flexibility index (Phi) is 6.00. The Balaban J connectivity index is 3.34. The summed E-state index contributed by atoms with van der Waals surface area (Å²) >= 11 is 0. The Hall–Kier alpha value is -1.56.